The second kappa shape index (κ2) is 6.63. The number of carbonyl (C=O) groups excluding carboxylic acids is 1. The molecular weight excluding hydrogens is 290 g/mol. The van der Waals surface area contributed by atoms with E-state index in [-0.39, 0.29) is 30.5 Å². The van der Waals surface area contributed by atoms with Gasteiger partial charge in [0.05, 0.1) is 18.3 Å². The highest BCUT2D eigenvalue weighted by Gasteiger charge is 2.42. The number of carbonyl (C=O) groups is 1. The zero-order valence-corrected chi connectivity index (χ0v) is 11.5. The van der Waals surface area contributed by atoms with Crippen molar-refractivity contribution in [1.29, 1.82) is 0 Å². The average Bonchev–Trinajstić information content (AvgIpc) is 2.58. The first kappa shape index (κ1) is 17.5. The predicted octanol–water partition coefficient (Wildman–Crippen LogP) is -0.0437. The van der Waals surface area contributed by atoms with Crippen LogP contribution in [0.4, 0.5) is 8.78 Å². The third kappa shape index (κ3) is 5.45. The second-order valence-corrected chi connectivity index (χ2v) is 6.49. The Hall–Kier alpha value is -0.470. The molecule has 1 atom stereocenters. The van der Waals surface area contributed by atoms with E-state index in [2.05, 4.69) is 10.6 Å². The van der Waals surface area contributed by atoms with Crippen LogP contribution in [0.5, 0.6) is 0 Å². The Morgan fingerprint density at radius 3 is 2.56 bits per heavy atom. The lowest BCUT2D eigenvalue weighted by atomic mass is 10.2. The van der Waals surface area contributed by atoms with Gasteiger partial charge in [0.25, 0.3) is 5.92 Å². The molecule has 0 aliphatic carbocycles. The van der Waals surface area contributed by atoms with Gasteiger partial charge in [0.1, 0.15) is 0 Å². The Kier molecular flexibility index (Phi) is 6.45. The van der Waals surface area contributed by atoms with E-state index in [1.807, 2.05) is 0 Å². The van der Waals surface area contributed by atoms with Crippen molar-refractivity contribution in [2.75, 3.05) is 24.6 Å². The predicted molar refractivity (Wildman–Crippen MR) is 65.9 cm³/mol. The van der Waals surface area contributed by atoms with Crippen LogP contribution < -0.4 is 10.6 Å². The number of hydrogen-bond donors (Lipinski definition) is 2. The first-order chi connectivity index (χ1) is 7.76. The molecule has 1 heterocycles. The van der Waals surface area contributed by atoms with Crippen LogP contribution in [-0.2, 0) is 14.6 Å². The number of nitrogens with one attached hydrogen (secondary N) is 2. The van der Waals surface area contributed by atoms with Crippen molar-refractivity contribution < 1.29 is 22.0 Å². The fourth-order valence-electron chi connectivity index (χ4n) is 1.50. The summed E-state index contributed by atoms with van der Waals surface area (Å²) >= 11 is 0. The van der Waals surface area contributed by atoms with Gasteiger partial charge in [0.2, 0.25) is 5.91 Å². The molecule has 0 spiro atoms. The van der Waals surface area contributed by atoms with Crippen molar-refractivity contribution in [3.63, 3.8) is 0 Å². The molecule has 9 heteroatoms. The fraction of sp³-hybridized carbons (Fsp3) is 0.889. The van der Waals surface area contributed by atoms with E-state index in [0.29, 0.717) is 0 Å². The molecule has 1 fully saturated rings. The molecule has 1 rings (SSSR count). The maximum atomic E-state index is 12.8. The normalized spacial score (nSPS) is 22.3. The maximum absolute atomic E-state index is 12.8. The average molecular weight is 307 g/mol. The van der Waals surface area contributed by atoms with Gasteiger partial charge in [-0.3, -0.25) is 10.1 Å². The van der Waals surface area contributed by atoms with Gasteiger partial charge < -0.3 is 5.32 Å². The lowest BCUT2D eigenvalue weighted by Crippen LogP contribution is -2.42. The first-order valence-corrected chi connectivity index (χ1v) is 7.17. The summed E-state index contributed by atoms with van der Waals surface area (Å²) in [6.45, 7) is 0.952. The topological polar surface area (TPSA) is 75.3 Å². The first-order valence-electron chi connectivity index (χ1n) is 5.35. The summed E-state index contributed by atoms with van der Waals surface area (Å²) in [5.41, 5.74) is 0. The second-order valence-electron chi connectivity index (χ2n) is 4.02. The molecule has 18 heavy (non-hydrogen) atoms. The zero-order chi connectivity index (χ0) is 13.1. The van der Waals surface area contributed by atoms with Crippen molar-refractivity contribution in [1.82, 2.24) is 10.6 Å². The summed E-state index contributed by atoms with van der Waals surface area (Å²) in [6.07, 6.45) is -0.542. The third-order valence-corrected chi connectivity index (χ3v) is 4.28. The van der Waals surface area contributed by atoms with Gasteiger partial charge in [0.15, 0.2) is 9.84 Å². The Balaban J connectivity index is 0.00000289. The van der Waals surface area contributed by atoms with E-state index in [9.17, 15) is 22.0 Å². The van der Waals surface area contributed by atoms with E-state index >= 15 is 0 Å². The van der Waals surface area contributed by atoms with Crippen LogP contribution in [0.3, 0.4) is 0 Å². The number of rotatable bonds is 5. The van der Waals surface area contributed by atoms with Gasteiger partial charge in [-0.15, -0.1) is 12.4 Å². The lowest BCUT2D eigenvalue weighted by Gasteiger charge is -2.10. The molecule has 0 radical (unpaired) electrons. The van der Waals surface area contributed by atoms with Gasteiger partial charge >= 0.3 is 0 Å². The van der Waals surface area contributed by atoms with Crippen LogP contribution >= 0.6 is 12.4 Å². The van der Waals surface area contributed by atoms with E-state index in [1.165, 1.54) is 6.92 Å². The Bertz CT molecular complexity index is 389. The Labute approximate surface area is 111 Å². The summed E-state index contributed by atoms with van der Waals surface area (Å²) in [4.78, 5) is 11.4. The molecule has 1 amide bonds. The summed E-state index contributed by atoms with van der Waals surface area (Å²) in [7, 11) is -3.14. The van der Waals surface area contributed by atoms with Gasteiger partial charge in [-0.05, 0) is 0 Å². The van der Waals surface area contributed by atoms with Gasteiger partial charge in [-0.2, -0.15) is 0 Å². The zero-order valence-electron chi connectivity index (χ0n) is 9.91. The summed E-state index contributed by atoms with van der Waals surface area (Å²) in [5, 5.41) is 4.74. The molecule has 0 saturated carbocycles. The number of alkyl halides is 2. The molecule has 108 valence electrons. The molecule has 0 aromatic heterocycles. The third-order valence-electron chi connectivity index (χ3n) is 2.58. The number of amides is 1. The molecule has 0 bridgehead atoms. The van der Waals surface area contributed by atoms with Crippen LogP contribution in [-0.4, -0.2) is 50.9 Å². The SMILES string of the molecule is CCS(=O)(=O)CCNC(=O)C1CC(F)(F)CN1.Cl. The minimum absolute atomic E-state index is 0. The largest absolute Gasteiger partial charge is 0.354 e. The highest BCUT2D eigenvalue weighted by atomic mass is 35.5. The van der Waals surface area contributed by atoms with Gasteiger partial charge in [0, 0.05) is 18.7 Å². The van der Waals surface area contributed by atoms with Crippen molar-refractivity contribution in [3.8, 4) is 0 Å². The number of halogens is 3. The van der Waals surface area contributed by atoms with E-state index < -0.39 is 40.7 Å². The van der Waals surface area contributed by atoms with Crippen molar-refractivity contribution >= 4 is 28.2 Å². The highest BCUT2D eigenvalue weighted by Crippen LogP contribution is 2.24. The smallest absolute Gasteiger partial charge is 0.262 e. The van der Waals surface area contributed by atoms with Crippen LogP contribution in [0.2, 0.25) is 0 Å². The highest BCUT2D eigenvalue weighted by molar-refractivity contribution is 7.91. The molecule has 0 aromatic rings. The maximum Gasteiger partial charge on any atom is 0.262 e. The summed E-state index contributed by atoms with van der Waals surface area (Å²) in [6, 6.07) is -0.936. The van der Waals surface area contributed by atoms with Crippen molar-refractivity contribution in [2.24, 2.45) is 0 Å². The summed E-state index contributed by atoms with van der Waals surface area (Å²) < 4.78 is 47.8. The molecule has 1 aliphatic rings. The van der Waals surface area contributed by atoms with E-state index in [1.54, 1.807) is 0 Å². The molecule has 5 nitrogen and oxygen atoms in total. The molecule has 0 aromatic carbocycles. The van der Waals surface area contributed by atoms with Crippen LogP contribution in [0, 0.1) is 0 Å². The van der Waals surface area contributed by atoms with Gasteiger partial charge in [-0.25, -0.2) is 17.2 Å². The Morgan fingerprint density at radius 2 is 2.11 bits per heavy atom. The van der Waals surface area contributed by atoms with Crippen LogP contribution in [0.1, 0.15) is 13.3 Å². The van der Waals surface area contributed by atoms with Crippen LogP contribution in [0.25, 0.3) is 0 Å². The van der Waals surface area contributed by atoms with Gasteiger partial charge in [-0.1, -0.05) is 6.92 Å². The minimum atomic E-state index is -3.14. The molecule has 1 saturated heterocycles. The minimum Gasteiger partial charge on any atom is -0.354 e. The lowest BCUT2D eigenvalue weighted by molar-refractivity contribution is -0.123. The molecule has 1 aliphatic heterocycles. The molecule has 1 unspecified atom stereocenters. The van der Waals surface area contributed by atoms with Crippen LogP contribution in [0.15, 0.2) is 0 Å². The monoisotopic (exact) mass is 306 g/mol. The fourth-order valence-corrected chi connectivity index (χ4v) is 2.20. The summed E-state index contributed by atoms with van der Waals surface area (Å²) in [5.74, 6) is -3.60. The van der Waals surface area contributed by atoms with Crippen molar-refractivity contribution in [2.45, 2.75) is 25.3 Å². The van der Waals surface area contributed by atoms with E-state index in [4.69, 9.17) is 0 Å². The molecular formula is C9H17ClF2N2O3S. The Morgan fingerprint density at radius 1 is 1.50 bits per heavy atom. The quantitative estimate of drug-likeness (QED) is 0.747. The number of hydrogen-bond acceptors (Lipinski definition) is 4. The van der Waals surface area contributed by atoms with E-state index in [0.717, 1.165) is 0 Å². The van der Waals surface area contributed by atoms with Crippen molar-refractivity contribution in [3.05, 3.63) is 0 Å². The number of sulfone groups is 1. The standard InChI is InChI=1S/C9H16F2N2O3S.ClH/c1-2-17(15,16)4-3-12-8(14)7-5-9(10,11)6-13-7;/h7,13H,2-6H2,1H3,(H,12,14);1H. The molecule has 2 N–H and O–H groups in total.